The fourth-order valence-corrected chi connectivity index (χ4v) is 8.51. The molecule has 0 atom stereocenters. The second kappa shape index (κ2) is 12.6. The fraction of sp³-hybridized carbons (Fsp3) is 0. The number of hydrogen-bond acceptors (Lipinski definition) is 4. The van der Waals surface area contributed by atoms with Gasteiger partial charge in [0.1, 0.15) is 11.2 Å². The Morgan fingerprint density at radius 2 is 0.808 bits per heavy atom. The van der Waals surface area contributed by atoms with Crippen LogP contribution in [0.5, 0.6) is 0 Å². The van der Waals surface area contributed by atoms with Crippen LogP contribution in [0, 0.1) is 0 Å². The molecule has 0 saturated heterocycles. The highest BCUT2D eigenvalue weighted by Crippen LogP contribution is 2.43. The molecule has 4 heteroatoms. The van der Waals surface area contributed by atoms with Crippen LogP contribution < -0.4 is 9.80 Å². The summed E-state index contributed by atoms with van der Waals surface area (Å²) in [6, 6.07) is 69.0. The summed E-state index contributed by atoms with van der Waals surface area (Å²) in [5.74, 6) is 0. The Labute approximate surface area is 305 Å². The molecule has 52 heavy (non-hydrogen) atoms. The highest BCUT2D eigenvalue weighted by atomic mass is 32.1. The molecule has 0 aliphatic carbocycles. The summed E-state index contributed by atoms with van der Waals surface area (Å²) >= 11 is 1.84. The maximum absolute atomic E-state index is 6.50. The van der Waals surface area contributed by atoms with E-state index in [9.17, 15) is 0 Å². The molecule has 0 bridgehead atoms. The molecule has 0 N–H and O–H groups in total. The van der Waals surface area contributed by atoms with E-state index in [1.165, 1.54) is 20.2 Å². The Balaban J connectivity index is 1.02. The third kappa shape index (κ3) is 5.29. The van der Waals surface area contributed by atoms with Crippen molar-refractivity contribution in [3.63, 3.8) is 0 Å². The van der Waals surface area contributed by atoms with E-state index in [0.29, 0.717) is 0 Å². The molecule has 8 aromatic carbocycles. The number of thiophene rings is 1. The Morgan fingerprint density at radius 1 is 0.308 bits per heavy atom. The molecule has 2 aromatic heterocycles. The van der Waals surface area contributed by atoms with E-state index in [2.05, 4.69) is 204 Å². The number of para-hydroxylation sites is 3. The van der Waals surface area contributed by atoms with Gasteiger partial charge in [0.25, 0.3) is 0 Å². The lowest BCUT2D eigenvalue weighted by Crippen LogP contribution is -2.09. The SMILES string of the molecule is c1ccc(N(c2ccccc2)c2ccc(-c3ccc4c(c3)oc3ccc(N(c5ccccc5)c5ccc6c(c5)sc5ccccc56)cc34)cc2)cc1. The second-order valence-corrected chi connectivity index (χ2v) is 14.1. The average Bonchev–Trinajstić information content (AvgIpc) is 3.77. The zero-order valence-electron chi connectivity index (χ0n) is 28.2. The summed E-state index contributed by atoms with van der Waals surface area (Å²) < 4.78 is 9.09. The molecular formula is C48H32N2OS. The minimum absolute atomic E-state index is 0.876. The molecule has 0 aliphatic rings. The Hall–Kier alpha value is -6.62. The lowest BCUT2D eigenvalue weighted by Gasteiger charge is -2.25. The molecular weight excluding hydrogens is 653 g/mol. The van der Waals surface area contributed by atoms with Gasteiger partial charge in [-0.15, -0.1) is 11.3 Å². The predicted octanol–water partition coefficient (Wildman–Crippen LogP) is 14.6. The molecule has 2 heterocycles. The van der Waals surface area contributed by atoms with Crippen molar-refractivity contribution in [1.29, 1.82) is 0 Å². The lowest BCUT2D eigenvalue weighted by molar-refractivity contribution is 0.669. The van der Waals surface area contributed by atoms with Crippen molar-refractivity contribution >= 4 is 87.6 Å². The topological polar surface area (TPSA) is 19.6 Å². The number of anilines is 6. The van der Waals surface area contributed by atoms with Crippen LogP contribution in [0.3, 0.4) is 0 Å². The van der Waals surface area contributed by atoms with Crippen molar-refractivity contribution < 1.29 is 4.42 Å². The molecule has 0 saturated carbocycles. The first-order valence-corrected chi connectivity index (χ1v) is 18.3. The van der Waals surface area contributed by atoms with Crippen molar-refractivity contribution in [1.82, 2.24) is 0 Å². The summed E-state index contributed by atoms with van der Waals surface area (Å²) in [6.45, 7) is 0. The largest absolute Gasteiger partial charge is 0.456 e. The average molecular weight is 685 g/mol. The summed E-state index contributed by atoms with van der Waals surface area (Å²) in [4.78, 5) is 4.62. The highest BCUT2D eigenvalue weighted by molar-refractivity contribution is 7.25. The van der Waals surface area contributed by atoms with Gasteiger partial charge in [-0.3, -0.25) is 0 Å². The second-order valence-electron chi connectivity index (χ2n) is 13.0. The molecule has 10 rings (SSSR count). The van der Waals surface area contributed by atoms with Crippen LogP contribution in [0.25, 0.3) is 53.2 Å². The van der Waals surface area contributed by atoms with Crippen LogP contribution in [0.1, 0.15) is 0 Å². The lowest BCUT2D eigenvalue weighted by atomic mass is 10.0. The van der Waals surface area contributed by atoms with E-state index in [4.69, 9.17) is 4.42 Å². The minimum Gasteiger partial charge on any atom is -0.456 e. The molecule has 0 amide bonds. The summed E-state index contributed by atoms with van der Waals surface area (Å²) in [6.07, 6.45) is 0. The van der Waals surface area contributed by atoms with Gasteiger partial charge in [-0.25, -0.2) is 0 Å². The maximum atomic E-state index is 6.50. The first-order chi connectivity index (χ1) is 25.8. The van der Waals surface area contributed by atoms with E-state index in [1.807, 2.05) is 11.3 Å². The number of rotatable bonds is 7. The molecule has 0 aliphatic heterocycles. The van der Waals surface area contributed by atoms with Gasteiger partial charge in [0.2, 0.25) is 0 Å². The first-order valence-electron chi connectivity index (χ1n) is 17.5. The highest BCUT2D eigenvalue weighted by Gasteiger charge is 2.18. The summed E-state index contributed by atoms with van der Waals surface area (Å²) in [7, 11) is 0. The Morgan fingerprint density at radius 3 is 1.50 bits per heavy atom. The Bertz CT molecular complexity index is 2800. The van der Waals surface area contributed by atoms with Gasteiger partial charge in [0.15, 0.2) is 0 Å². The van der Waals surface area contributed by atoms with Crippen molar-refractivity contribution in [2.45, 2.75) is 0 Å². The van der Waals surface area contributed by atoms with Gasteiger partial charge in [0.05, 0.1) is 0 Å². The molecule has 0 unspecified atom stereocenters. The van der Waals surface area contributed by atoms with E-state index in [0.717, 1.165) is 67.2 Å². The molecule has 3 nitrogen and oxygen atoms in total. The fourth-order valence-electron chi connectivity index (χ4n) is 7.37. The van der Waals surface area contributed by atoms with Crippen LogP contribution in [0.15, 0.2) is 199 Å². The van der Waals surface area contributed by atoms with Gasteiger partial charge < -0.3 is 14.2 Å². The van der Waals surface area contributed by atoms with Gasteiger partial charge in [-0.1, -0.05) is 97.1 Å². The molecule has 0 radical (unpaired) electrons. The van der Waals surface area contributed by atoms with Crippen molar-refractivity contribution in [2.75, 3.05) is 9.80 Å². The summed E-state index contributed by atoms with van der Waals surface area (Å²) in [5, 5.41) is 4.80. The third-order valence-corrected chi connectivity index (χ3v) is 11.0. The van der Waals surface area contributed by atoms with Gasteiger partial charge in [-0.2, -0.15) is 0 Å². The minimum atomic E-state index is 0.876. The molecule has 0 fully saturated rings. The van der Waals surface area contributed by atoms with Crippen LogP contribution in [-0.4, -0.2) is 0 Å². The first kappa shape index (κ1) is 30.2. The van der Waals surface area contributed by atoms with Crippen LogP contribution >= 0.6 is 11.3 Å². The number of nitrogens with zero attached hydrogens (tertiary/aromatic N) is 2. The summed E-state index contributed by atoms with van der Waals surface area (Å²) in [5.41, 5.74) is 10.7. The van der Waals surface area contributed by atoms with Crippen molar-refractivity contribution in [2.24, 2.45) is 0 Å². The van der Waals surface area contributed by atoms with Crippen LogP contribution in [0.2, 0.25) is 0 Å². The number of furan rings is 1. The normalized spacial score (nSPS) is 11.5. The van der Waals surface area contributed by atoms with E-state index in [-0.39, 0.29) is 0 Å². The van der Waals surface area contributed by atoms with Gasteiger partial charge >= 0.3 is 0 Å². The zero-order valence-corrected chi connectivity index (χ0v) is 29.0. The van der Waals surface area contributed by atoms with Crippen LogP contribution in [-0.2, 0) is 0 Å². The smallest absolute Gasteiger partial charge is 0.136 e. The molecule has 246 valence electrons. The number of benzene rings is 8. The third-order valence-electron chi connectivity index (χ3n) is 9.84. The van der Waals surface area contributed by atoms with E-state index in [1.54, 1.807) is 0 Å². The molecule has 0 spiro atoms. The van der Waals surface area contributed by atoms with Crippen molar-refractivity contribution in [3.05, 3.63) is 194 Å². The monoisotopic (exact) mass is 684 g/mol. The number of fused-ring (bicyclic) bond motifs is 6. The zero-order chi connectivity index (χ0) is 34.4. The Kier molecular flexibility index (Phi) is 7.33. The standard InChI is InChI=1S/C48H32N2OS/c1-4-12-35(13-5-1)49(36-14-6-2-7-15-36)38-23-20-33(21-24-38)34-22-27-41-44-31-39(26-29-45(44)51-46(41)30-34)50(37-16-8-3-9-17-37)40-25-28-43-42-18-10-11-19-47(42)52-48(43)32-40/h1-32H. The number of hydrogen-bond donors (Lipinski definition) is 0. The van der Waals surface area contributed by atoms with Crippen LogP contribution in [0.4, 0.5) is 34.1 Å². The van der Waals surface area contributed by atoms with Gasteiger partial charge in [-0.05, 0) is 108 Å². The maximum Gasteiger partial charge on any atom is 0.136 e. The van der Waals surface area contributed by atoms with E-state index >= 15 is 0 Å². The van der Waals surface area contributed by atoms with Gasteiger partial charge in [0, 0.05) is 65.1 Å². The quantitative estimate of drug-likeness (QED) is 0.167. The molecule has 10 aromatic rings. The van der Waals surface area contributed by atoms with Crippen molar-refractivity contribution in [3.8, 4) is 11.1 Å². The van der Waals surface area contributed by atoms with E-state index < -0.39 is 0 Å². The predicted molar refractivity (Wildman–Crippen MR) is 221 cm³/mol.